The normalized spacial score (nSPS) is 11.1. The molecule has 4 aromatic rings. The molecule has 27 heavy (non-hydrogen) atoms. The molecule has 0 aliphatic heterocycles. The Morgan fingerprint density at radius 3 is 2.81 bits per heavy atom. The largest absolute Gasteiger partial charge is 0.457 e. The number of aromatic amines is 1. The molecule has 0 radical (unpaired) electrons. The minimum atomic E-state index is -0.307. The second kappa shape index (κ2) is 7.45. The van der Waals surface area contributed by atoms with Gasteiger partial charge in [0.15, 0.2) is 0 Å². The van der Waals surface area contributed by atoms with Crippen molar-refractivity contribution in [2.75, 3.05) is 0 Å². The summed E-state index contributed by atoms with van der Waals surface area (Å²) in [6.07, 6.45) is 1.29. The summed E-state index contributed by atoms with van der Waals surface area (Å²) in [6.45, 7) is 0.110. The SMILES string of the molecule is O=C(CCCc1nc2ccccc2c(=O)[nH]1)OCc1cc2ccccc2o1. The fourth-order valence-electron chi connectivity index (χ4n) is 2.99. The molecule has 1 N–H and O–H groups in total. The molecular formula is C21H18N2O4. The number of hydrogen-bond acceptors (Lipinski definition) is 5. The molecule has 0 spiro atoms. The molecule has 0 aliphatic rings. The summed E-state index contributed by atoms with van der Waals surface area (Å²) in [4.78, 5) is 31.2. The second-order valence-corrected chi connectivity index (χ2v) is 6.29. The maximum atomic E-state index is 12.0. The van der Waals surface area contributed by atoms with Crippen molar-refractivity contribution in [3.05, 3.63) is 76.5 Å². The number of esters is 1. The third-order valence-corrected chi connectivity index (χ3v) is 4.31. The van der Waals surface area contributed by atoms with Gasteiger partial charge in [-0.3, -0.25) is 9.59 Å². The molecule has 2 aromatic heterocycles. The van der Waals surface area contributed by atoms with Crippen molar-refractivity contribution in [2.24, 2.45) is 0 Å². The molecule has 6 heteroatoms. The van der Waals surface area contributed by atoms with Crippen LogP contribution in [0.25, 0.3) is 21.9 Å². The van der Waals surface area contributed by atoms with Crippen molar-refractivity contribution < 1.29 is 13.9 Å². The summed E-state index contributed by atoms with van der Waals surface area (Å²) >= 11 is 0. The second-order valence-electron chi connectivity index (χ2n) is 6.29. The summed E-state index contributed by atoms with van der Waals surface area (Å²) in [5.41, 5.74) is 1.27. The van der Waals surface area contributed by atoms with Gasteiger partial charge in [0.25, 0.3) is 5.56 Å². The molecule has 0 amide bonds. The number of ether oxygens (including phenoxy) is 1. The summed E-state index contributed by atoms with van der Waals surface area (Å²) in [5.74, 6) is 0.882. The highest BCUT2D eigenvalue weighted by atomic mass is 16.5. The van der Waals surface area contributed by atoms with Crippen molar-refractivity contribution in [2.45, 2.75) is 25.9 Å². The fraction of sp³-hybridized carbons (Fsp3) is 0.190. The van der Waals surface area contributed by atoms with Crippen LogP contribution in [0.2, 0.25) is 0 Å². The molecule has 0 bridgehead atoms. The molecule has 2 aromatic carbocycles. The summed E-state index contributed by atoms with van der Waals surface area (Å²) in [5, 5.41) is 1.54. The first-order valence-corrected chi connectivity index (χ1v) is 8.80. The van der Waals surface area contributed by atoms with E-state index in [1.165, 1.54) is 0 Å². The fourth-order valence-corrected chi connectivity index (χ4v) is 2.99. The van der Waals surface area contributed by atoms with Crippen LogP contribution < -0.4 is 5.56 Å². The van der Waals surface area contributed by atoms with E-state index < -0.39 is 0 Å². The number of furan rings is 1. The lowest BCUT2D eigenvalue weighted by molar-refractivity contribution is -0.145. The van der Waals surface area contributed by atoms with Crippen molar-refractivity contribution in [1.29, 1.82) is 0 Å². The number of nitrogens with one attached hydrogen (secondary N) is 1. The van der Waals surface area contributed by atoms with Crippen LogP contribution >= 0.6 is 0 Å². The van der Waals surface area contributed by atoms with Gasteiger partial charge in [-0.1, -0.05) is 30.3 Å². The molecule has 0 aliphatic carbocycles. The van der Waals surface area contributed by atoms with Gasteiger partial charge in [0.05, 0.1) is 10.9 Å². The van der Waals surface area contributed by atoms with Gasteiger partial charge in [-0.15, -0.1) is 0 Å². The number of aromatic nitrogens is 2. The molecule has 0 atom stereocenters. The number of carbonyl (C=O) groups is 1. The summed E-state index contributed by atoms with van der Waals surface area (Å²) in [7, 11) is 0. The Bertz CT molecular complexity index is 1130. The highest BCUT2D eigenvalue weighted by Crippen LogP contribution is 2.19. The van der Waals surface area contributed by atoms with Crippen LogP contribution in [0.15, 0.2) is 63.8 Å². The smallest absolute Gasteiger partial charge is 0.306 e. The van der Waals surface area contributed by atoms with Gasteiger partial charge in [0.1, 0.15) is 23.8 Å². The van der Waals surface area contributed by atoms with Crippen LogP contribution in [0.1, 0.15) is 24.4 Å². The lowest BCUT2D eigenvalue weighted by atomic mass is 10.2. The van der Waals surface area contributed by atoms with Gasteiger partial charge < -0.3 is 14.1 Å². The minimum absolute atomic E-state index is 0.110. The number of H-pyrrole nitrogens is 1. The predicted octanol–water partition coefficient (Wildman–Crippen LogP) is 3.74. The van der Waals surface area contributed by atoms with Gasteiger partial charge in [-0.25, -0.2) is 4.98 Å². The summed E-state index contributed by atoms with van der Waals surface area (Å²) in [6, 6.07) is 16.7. The van der Waals surface area contributed by atoms with E-state index in [4.69, 9.17) is 9.15 Å². The number of nitrogens with zero attached hydrogens (tertiary/aromatic N) is 1. The molecule has 4 rings (SSSR count). The van der Waals surface area contributed by atoms with Crippen LogP contribution in [-0.2, 0) is 22.6 Å². The van der Waals surface area contributed by atoms with E-state index in [0.29, 0.717) is 35.3 Å². The average Bonchev–Trinajstić information content (AvgIpc) is 3.09. The van der Waals surface area contributed by atoms with Gasteiger partial charge in [-0.2, -0.15) is 0 Å². The first kappa shape index (κ1) is 17.0. The number of hydrogen-bond donors (Lipinski definition) is 1. The molecule has 2 heterocycles. The van der Waals surface area contributed by atoms with Gasteiger partial charge in [0.2, 0.25) is 0 Å². The first-order chi connectivity index (χ1) is 13.2. The quantitative estimate of drug-likeness (QED) is 0.528. The number of carbonyl (C=O) groups excluding carboxylic acids is 1. The Morgan fingerprint density at radius 1 is 1.11 bits per heavy atom. The number of rotatable bonds is 6. The van der Waals surface area contributed by atoms with Crippen LogP contribution in [0, 0.1) is 0 Å². The lowest BCUT2D eigenvalue weighted by Crippen LogP contribution is -2.12. The molecule has 0 fully saturated rings. The van der Waals surface area contributed by atoms with Gasteiger partial charge in [0, 0.05) is 18.2 Å². The highest BCUT2D eigenvalue weighted by molar-refractivity contribution is 5.78. The molecule has 0 saturated heterocycles. The Kier molecular flexibility index (Phi) is 4.70. The molecule has 0 saturated carbocycles. The maximum Gasteiger partial charge on any atom is 0.306 e. The zero-order chi connectivity index (χ0) is 18.6. The predicted molar refractivity (Wildman–Crippen MR) is 101 cm³/mol. The Morgan fingerprint density at radius 2 is 1.93 bits per heavy atom. The van der Waals surface area contributed by atoms with E-state index in [-0.39, 0.29) is 24.6 Å². The molecule has 136 valence electrons. The minimum Gasteiger partial charge on any atom is -0.457 e. The molecule has 6 nitrogen and oxygen atoms in total. The van der Waals surface area contributed by atoms with Crippen molar-refractivity contribution in [3.8, 4) is 0 Å². The summed E-state index contributed by atoms with van der Waals surface area (Å²) < 4.78 is 10.9. The van der Waals surface area contributed by atoms with Gasteiger partial charge >= 0.3 is 5.97 Å². The van der Waals surface area contributed by atoms with Gasteiger partial charge in [-0.05, 0) is 30.7 Å². The van der Waals surface area contributed by atoms with Crippen LogP contribution in [0.4, 0.5) is 0 Å². The molecular weight excluding hydrogens is 344 g/mol. The third-order valence-electron chi connectivity index (χ3n) is 4.31. The van der Waals surface area contributed by atoms with E-state index in [2.05, 4.69) is 9.97 Å². The third kappa shape index (κ3) is 3.89. The first-order valence-electron chi connectivity index (χ1n) is 8.80. The molecule has 0 unspecified atom stereocenters. The monoisotopic (exact) mass is 362 g/mol. The Hall–Kier alpha value is -3.41. The van der Waals surface area contributed by atoms with Crippen molar-refractivity contribution in [1.82, 2.24) is 9.97 Å². The number of para-hydroxylation sites is 2. The topological polar surface area (TPSA) is 85.2 Å². The lowest BCUT2D eigenvalue weighted by Gasteiger charge is -2.04. The number of benzene rings is 2. The van der Waals surface area contributed by atoms with Crippen molar-refractivity contribution in [3.63, 3.8) is 0 Å². The Balaban J connectivity index is 1.30. The standard InChI is InChI=1S/C21H18N2O4/c24-20(26-13-15-12-14-6-1-4-9-18(14)27-15)11-5-10-19-22-17-8-3-2-7-16(17)21(25)23-19/h1-4,6-9,12H,5,10-11,13H2,(H,22,23,25). The van der Waals surface area contributed by atoms with Crippen molar-refractivity contribution >= 4 is 27.8 Å². The maximum absolute atomic E-state index is 12.0. The van der Waals surface area contributed by atoms with E-state index in [9.17, 15) is 9.59 Å². The Labute approximate surface area is 154 Å². The zero-order valence-electron chi connectivity index (χ0n) is 14.6. The highest BCUT2D eigenvalue weighted by Gasteiger charge is 2.09. The van der Waals surface area contributed by atoms with E-state index in [1.54, 1.807) is 18.2 Å². The zero-order valence-corrected chi connectivity index (χ0v) is 14.6. The van der Waals surface area contributed by atoms with Crippen LogP contribution in [-0.4, -0.2) is 15.9 Å². The number of aryl methyl sites for hydroxylation is 1. The number of fused-ring (bicyclic) bond motifs is 2. The van der Waals surface area contributed by atoms with Crippen LogP contribution in [0.5, 0.6) is 0 Å². The van der Waals surface area contributed by atoms with E-state index >= 15 is 0 Å². The van der Waals surface area contributed by atoms with E-state index in [0.717, 1.165) is 11.0 Å². The van der Waals surface area contributed by atoms with E-state index in [1.807, 2.05) is 36.4 Å². The average molecular weight is 362 g/mol. The van der Waals surface area contributed by atoms with Crippen LogP contribution in [0.3, 0.4) is 0 Å².